The van der Waals surface area contributed by atoms with Crippen molar-refractivity contribution >= 4 is 23.6 Å². The van der Waals surface area contributed by atoms with Crippen molar-refractivity contribution in [3.8, 4) is 11.8 Å². The number of nitrogens with one attached hydrogen (secondary N) is 1. The number of anilines is 1. The van der Waals surface area contributed by atoms with Gasteiger partial charge >= 0.3 is 6.03 Å². The Bertz CT molecular complexity index is 1330. The summed E-state index contributed by atoms with van der Waals surface area (Å²) in [5, 5.41) is 8.70. The topological polar surface area (TPSA) is 62.0 Å². The minimum Gasteiger partial charge on any atom is -0.306 e. The molecule has 0 aliphatic carbocycles. The van der Waals surface area contributed by atoms with Gasteiger partial charge in [0.15, 0.2) is 0 Å². The largest absolute Gasteiger partial charge is 0.342 e. The van der Waals surface area contributed by atoms with Crippen LogP contribution in [0.1, 0.15) is 29.3 Å². The molecular formula is C25H19N5O. The Morgan fingerprint density at radius 3 is 2.77 bits per heavy atom. The summed E-state index contributed by atoms with van der Waals surface area (Å²) in [4.78, 5) is 17.2. The van der Waals surface area contributed by atoms with E-state index in [1.807, 2.05) is 83.4 Å². The molecule has 31 heavy (non-hydrogen) atoms. The Morgan fingerprint density at radius 2 is 1.87 bits per heavy atom. The number of hydrogen-bond donors (Lipinski definition) is 1. The van der Waals surface area contributed by atoms with Gasteiger partial charge in [0.1, 0.15) is 11.3 Å². The zero-order valence-electron chi connectivity index (χ0n) is 16.6. The molecule has 3 heterocycles. The Labute approximate surface area is 179 Å². The minimum atomic E-state index is -0.269. The molecule has 6 heteroatoms. The van der Waals surface area contributed by atoms with Gasteiger partial charge in [0.05, 0.1) is 12.2 Å². The molecule has 2 amide bonds. The van der Waals surface area contributed by atoms with Crippen molar-refractivity contribution < 1.29 is 4.79 Å². The van der Waals surface area contributed by atoms with Crippen LogP contribution >= 0.6 is 0 Å². The fourth-order valence-corrected chi connectivity index (χ4v) is 3.58. The van der Waals surface area contributed by atoms with Crippen LogP contribution in [0, 0.1) is 11.8 Å². The molecule has 0 saturated heterocycles. The van der Waals surface area contributed by atoms with E-state index in [1.54, 1.807) is 12.4 Å². The number of fused-ring (bicyclic) bond motifs is 1. The van der Waals surface area contributed by atoms with Gasteiger partial charge in [-0.2, -0.15) is 5.10 Å². The summed E-state index contributed by atoms with van der Waals surface area (Å²) >= 11 is 0. The zero-order valence-corrected chi connectivity index (χ0v) is 16.6. The maximum absolute atomic E-state index is 12.9. The standard InChI is InChI=1S/C25H19N5O/c31-25(30-23(14-15-27-30)20-8-2-1-3-9-20)28-21-10-6-7-19(17-21)12-13-22-18-26-24-11-4-5-16-29(22)24/h1-11,15-18,23H,14H2,(H,28,31). The molecule has 0 spiro atoms. The average molecular weight is 405 g/mol. The molecule has 0 bridgehead atoms. The molecule has 2 aromatic carbocycles. The van der Waals surface area contributed by atoms with Gasteiger partial charge in [-0.25, -0.2) is 14.8 Å². The van der Waals surface area contributed by atoms with Crippen LogP contribution in [0.5, 0.6) is 0 Å². The molecule has 0 radical (unpaired) electrons. The van der Waals surface area contributed by atoms with Gasteiger partial charge in [0.2, 0.25) is 0 Å². The number of aromatic nitrogens is 2. The van der Waals surface area contributed by atoms with E-state index in [0.717, 1.165) is 22.5 Å². The summed E-state index contributed by atoms with van der Waals surface area (Å²) in [7, 11) is 0. The van der Waals surface area contributed by atoms with Crippen LogP contribution in [0.4, 0.5) is 10.5 Å². The predicted octanol–water partition coefficient (Wildman–Crippen LogP) is 4.70. The van der Waals surface area contributed by atoms with E-state index < -0.39 is 0 Å². The van der Waals surface area contributed by atoms with Crippen LogP contribution in [0.25, 0.3) is 5.65 Å². The van der Waals surface area contributed by atoms with E-state index in [0.29, 0.717) is 12.1 Å². The molecule has 4 aromatic rings. The summed E-state index contributed by atoms with van der Waals surface area (Å²) in [6.45, 7) is 0. The molecule has 1 aliphatic heterocycles. The summed E-state index contributed by atoms with van der Waals surface area (Å²) < 4.78 is 1.94. The number of carbonyl (C=O) groups excluding carboxylic acids is 1. The monoisotopic (exact) mass is 405 g/mol. The summed E-state index contributed by atoms with van der Waals surface area (Å²) in [5.41, 5.74) is 4.19. The fourth-order valence-electron chi connectivity index (χ4n) is 3.58. The first kappa shape index (κ1) is 18.6. The number of imidazole rings is 1. The predicted molar refractivity (Wildman–Crippen MR) is 121 cm³/mol. The molecular weight excluding hydrogens is 386 g/mol. The average Bonchev–Trinajstić information content (AvgIpc) is 3.46. The molecule has 1 N–H and O–H groups in total. The zero-order chi connectivity index (χ0) is 21.0. The second kappa shape index (κ2) is 8.17. The lowest BCUT2D eigenvalue weighted by atomic mass is 10.1. The third kappa shape index (κ3) is 3.89. The number of amides is 2. The molecule has 5 rings (SSSR count). The maximum Gasteiger partial charge on any atom is 0.342 e. The summed E-state index contributed by atoms with van der Waals surface area (Å²) in [6, 6.07) is 22.8. The number of benzene rings is 2. The first-order chi connectivity index (χ1) is 15.3. The molecule has 1 aliphatic rings. The van der Waals surface area contributed by atoms with Crippen LogP contribution in [0.15, 0.2) is 90.3 Å². The van der Waals surface area contributed by atoms with Crippen molar-refractivity contribution in [1.82, 2.24) is 14.4 Å². The van der Waals surface area contributed by atoms with E-state index in [9.17, 15) is 4.79 Å². The lowest BCUT2D eigenvalue weighted by molar-refractivity contribution is 0.200. The van der Waals surface area contributed by atoms with Crippen LogP contribution in [-0.4, -0.2) is 26.6 Å². The molecule has 0 saturated carbocycles. The second-order valence-electron chi connectivity index (χ2n) is 7.14. The van der Waals surface area contributed by atoms with E-state index in [-0.39, 0.29) is 12.1 Å². The number of pyridine rings is 1. The Balaban J connectivity index is 1.33. The van der Waals surface area contributed by atoms with Crippen LogP contribution in [-0.2, 0) is 0 Å². The Morgan fingerprint density at radius 1 is 1.00 bits per heavy atom. The van der Waals surface area contributed by atoms with Gasteiger partial charge in [-0.3, -0.25) is 4.40 Å². The van der Waals surface area contributed by atoms with E-state index in [1.165, 1.54) is 5.01 Å². The number of urea groups is 1. The van der Waals surface area contributed by atoms with E-state index >= 15 is 0 Å². The van der Waals surface area contributed by atoms with Gasteiger partial charge < -0.3 is 5.32 Å². The van der Waals surface area contributed by atoms with Crippen molar-refractivity contribution in [2.75, 3.05) is 5.32 Å². The Hall–Kier alpha value is -4.37. The first-order valence-corrected chi connectivity index (χ1v) is 10.00. The third-order valence-electron chi connectivity index (χ3n) is 5.09. The highest BCUT2D eigenvalue weighted by atomic mass is 16.2. The molecule has 2 aromatic heterocycles. The van der Waals surface area contributed by atoms with Gasteiger partial charge in [-0.15, -0.1) is 0 Å². The van der Waals surface area contributed by atoms with Crippen molar-refractivity contribution in [2.24, 2.45) is 5.10 Å². The van der Waals surface area contributed by atoms with Crippen LogP contribution in [0.2, 0.25) is 0 Å². The molecule has 6 nitrogen and oxygen atoms in total. The molecule has 1 unspecified atom stereocenters. The lowest BCUT2D eigenvalue weighted by Crippen LogP contribution is -2.31. The van der Waals surface area contributed by atoms with E-state index in [4.69, 9.17) is 0 Å². The van der Waals surface area contributed by atoms with Gasteiger partial charge in [0, 0.05) is 30.1 Å². The normalized spacial score (nSPS) is 15.0. The fraction of sp³-hybridized carbons (Fsp3) is 0.0800. The van der Waals surface area contributed by atoms with Crippen LogP contribution < -0.4 is 5.32 Å². The summed E-state index contributed by atoms with van der Waals surface area (Å²) in [5.74, 6) is 6.30. The molecule has 0 fully saturated rings. The third-order valence-corrected chi connectivity index (χ3v) is 5.09. The van der Waals surface area contributed by atoms with Crippen molar-refractivity contribution in [1.29, 1.82) is 0 Å². The van der Waals surface area contributed by atoms with E-state index in [2.05, 4.69) is 27.2 Å². The number of nitrogens with zero attached hydrogens (tertiary/aromatic N) is 4. The van der Waals surface area contributed by atoms with Crippen molar-refractivity contribution in [2.45, 2.75) is 12.5 Å². The van der Waals surface area contributed by atoms with Gasteiger partial charge in [0.25, 0.3) is 0 Å². The molecule has 1 atom stereocenters. The minimum absolute atomic E-state index is 0.0979. The van der Waals surface area contributed by atoms with Gasteiger partial charge in [-0.05, 0) is 41.8 Å². The van der Waals surface area contributed by atoms with Crippen molar-refractivity contribution in [3.05, 3.63) is 102 Å². The molecule has 150 valence electrons. The number of rotatable bonds is 2. The lowest BCUT2D eigenvalue weighted by Gasteiger charge is -2.22. The van der Waals surface area contributed by atoms with Crippen molar-refractivity contribution in [3.63, 3.8) is 0 Å². The highest BCUT2D eigenvalue weighted by Gasteiger charge is 2.28. The van der Waals surface area contributed by atoms with Gasteiger partial charge in [-0.1, -0.05) is 48.4 Å². The number of hydrogen-bond acceptors (Lipinski definition) is 3. The second-order valence-corrected chi connectivity index (χ2v) is 7.14. The number of carbonyl (C=O) groups is 1. The highest BCUT2D eigenvalue weighted by Crippen LogP contribution is 2.28. The number of hydrazone groups is 1. The Kier molecular flexibility index (Phi) is 4.91. The first-order valence-electron chi connectivity index (χ1n) is 10.00. The quantitative estimate of drug-likeness (QED) is 0.492. The maximum atomic E-state index is 12.9. The SMILES string of the molecule is O=C(Nc1cccc(C#Cc2cnc3ccccn23)c1)N1N=CCC1c1ccccc1. The smallest absolute Gasteiger partial charge is 0.306 e. The summed E-state index contributed by atoms with van der Waals surface area (Å²) in [6.07, 6.45) is 6.16. The van der Waals surface area contributed by atoms with Crippen LogP contribution in [0.3, 0.4) is 0 Å². The highest BCUT2D eigenvalue weighted by molar-refractivity contribution is 5.91.